The van der Waals surface area contributed by atoms with Crippen molar-refractivity contribution >= 4 is 107 Å². The first-order valence-electron chi connectivity index (χ1n) is 17.7. The molecule has 0 aliphatic heterocycles. The smallest absolute Gasteiger partial charge is 0.0788 e. The van der Waals surface area contributed by atoms with Gasteiger partial charge < -0.3 is 9.13 Å². The molecule has 0 bridgehead atoms. The van der Waals surface area contributed by atoms with Gasteiger partial charge in [-0.15, -0.1) is 22.7 Å². The molecule has 0 amide bonds. The molecule has 12 rings (SSSR count). The van der Waals surface area contributed by atoms with Gasteiger partial charge in [0.15, 0.2) is 0 Å². The Hall–Kier alpha value is -6.20. The van der Waals surface area contributed by atoms with Crippen LogP contribution in [0.15, 0.2) is 170 Å². The summed E-state index contributed by atoms with van der Waals surface area (Å²) in [6.45, 7) is 0. The molecule has 4 aromatic heterocycles. The summed E-state index contributed by atoms with van der Waals surface area (Å²) < 4.78 is 10.3. The van der Waals surface area contributed by atoms with Gasteiger partial charge in [0.05, 0.1) is 22.1 Å². The summed E-state index contributed by atoms with van der Waals surface area (Å²) in [4.78, 5) is 0. The maximum Gasteiger partial charge on any atom is 0.0788 e. The highest BCUT2D eigenvalue weighted by Crippen LogP contribution is 2.45. The SMILES string of the molecule is c1ccc(-n2c3ccccc3c3ccc4c5ccccc5n(-c5ccc6sc7cc(-c8cccc9sc%10ccccc%10c89)ccc7c6c5)c4c32)cc1. The Kier molecular flexibility index (Phi) is 5.84. The highest BCUT2D eigenvalue weighted by Gasteiger charge is 2.21. The summed E-state index contributed by atoms with van der Waals surface area (Å²) in [5.74, 6) is 0. The van der Waals surface area contributed by atoms with Gasteiger partial charge in [-0.3, -0.25) is 0 Å². The fourth-order valence-electron chi connectivity index (χ4n) is 8.70. The highest BCUT2D eigenvalue weighted by molar-refractivity contribution is 7.26. The van der Waals surface area contributed by atoms with E-state index in [1.807, 2.05) is 22.7 Å². The van der Waals surface area contributed by atoms with Crippen LogP contribution < -0.4 is 0 Å². The Labute approximate surface area is 306 Å². The van der Waals surface area contributed by atoms with Crippen molar-refractivity contribution in [3.05, 3.63) is 170 Å². The predicted octanol–water partition coefficient (Wildman–Crippen LogP) is 14.3. The second-order valence-corrected chi connectivity index (χ2v) is 15.8. The van der Waals surface area contributed by atoms with Crippen molar-refractivity contribution in [2.24, 2.45) is 0 Å². The quantitative estimate of drug-likeness (QED) is 0.174. The molecule has 0 aliphatic rings. The molecule has 0 saturated carbocycles. The number of rotatable bonds is 3. The van der Waals surface area contributed by atoms with Crippen LogP contribution in [0.5, 0.6) is 0 Å². The van der Waals surface area contributed by atoms with E-state index in [0.29, 0.717) is 0 Å². The summed E-state index contributed by atoms with van der Waals surface area (Å²) >= 11 is 3.77. The summed E-state index contributed by atoms with van der Waals surface area (Å²) in [5.41, 5.74) is 9.81. The molecule has 12 aromatic rings. The van der Waals surface area contributed by atoms with Crippen molar-refractivity contribution in [2.45, 2.75) is 0 Å². The average molecular weight is 697 g/mol. The molecule has 8 aromatic carbocycles. The van der Waals surface area contributed by atoms with Gasteiger partial charge in [-0.1, -0.05) is 109 Å². The Morgan fingerprint density at radius 3 is 1.69 bits per heavy atom. The zero-order valence-corrected chi connectivity index (χ0v) is 29.5. The summed E-state index contributed by atoms with van der Waals surface area (Å²) in [5, 5.41) is 10.3. The number of thiophene rings is 2. The molecule has 0 unspecified atom stereocenters. The largest absolute Gasteiger partial charge is 0.307 e. The predicted molar refractivity (Wildman–Crippen MR) is 226 cm³/mol. The number of para-hydroxylation sites is 3. The lowest BCUT2D eigenvalue weighted by Crippen LogP contribution is -1.98. The summed E-state index contributed by atoms with van der Waals surface area (Å²) in [7, 11) is 0. The standard InChI is InChI=1S/C48H28N2S2/c1-2-11-30(12-3-1)49-40-17-7-4-13-33(40)36-24-25-37-34-14-5-8-18-41(34)50(48(37)47(36)49)31-22-26-43-39(28-31)35-23-21-29(27-45(35)52-43)32-16-10-20-44-46(32)38-15-6-9-19-42(38)51-44/h1-28H. The Morgan fingerprint density at radius 1 is 0.327 bits per heavy atom. The third-order valence-corrected chi connectivity index (χ3v) is 13.2. The van der Waals surface area contributed by atoms with Crippen LogP contribution in [0.3, 0.4) is 0 Å². The van der Waals surface area contributed by atoms with Crippen LogP contribution in [0.25, 0.3) is 106 Å². The van der Waals surface area contributed by atoms with E-state index in [0.717, 1.165) is 0 Å². The minimum atomic E-state index is 1.17. The zero-order valence-electron chi connectivity index (χ0n) is 27.9. The molecule has 0 spiro atoms. The number of aromatic nitrogens is 2. The molecule has 0 aliphatic carbocycles. The van der Waals surface area contributed by atoms with Crippen LogP contribution in [0.4, 0.5) is 0 Å². The van der Waals surface area contributed by atoms with Gasteiger partial charge >= 0.3 is 0 Å². The second-order valence-electron chi connectivity index (χ2n) is 13.7. The van der Waals surface area contributed by atoms with E-state index in [4.69, 9.17) is 0 Å². The lowest BCUT2D eigenvalue weighted by Gasteiger charge is -2.12. The topological polar surface area (TPSA) is 9.86 Å². The van der Waals surface area contributed by atoms with Gasteiger partial charge in [0.2, 0.25) is 0 Å². The summed E-state index contributed by atoms with van der Waals surface area (Å²) in [6, 6.07) is 62.8. The number of hydrogen-bond donors (Lipinski definition) is 0. The van der Waals surface area contributed by atoms with Crippen LogP contribution in [0.1, 0.15) is 0 Å². The molecular weight excluding hydrogens is 669 g/mol. The van der Waals surface area contributed by atoms with Gasteiger partial charge in [-0.2, -0.15) is 0 Å². The molecule has 0 atom stereocenters. The minimum Gasteiger partial charge on any atom is -0.307 e. The molecule has 0 saturated heterocycles. The van der Waals surface area contributed by atoms with E-state index >= 15 is 0 Å². The van der Waals surface area contributed by atoms with Crippen molar-refractivity contribution in [2.75, 3.05) is 0 Å². The number of benzene rings is 8. The van der Waals surface area contributed by atoms with Crippen LogP contribution in [-0.2, 0) is 0 Å². The van der Waals surface area contributed by atoms with Crippen LogP contribution in [-0.4, -0.2) is 9.13 Å². The van der Waals surface area contributed by atoms with E-state index in [9.17, 15) is 0 Å². The monoisotopic (exact) mass is 696 g/mol. The maximum absolute atomic E-state index is 2.50. The number of nitrogens with zero attached hydrogens (tertiary/aromatic N) is 2. The Balaban J connectivity index is 1.12. The molecule has 4 heteroatoms. The van der Waals surface area contributed by atoms with Gasteiger partial charge in [0, 0.05) is 73.3 Å². The van der Waals surface area contributed by atoms with Gasteiger partial charge in [0.25, 0.3) is 0 Å². The molecule has 0 N–H and O–H groups in total. The first kappa shape index (κ1) is 28.5. The molecule has 52 heavy (non-hydrogen) atoms. The van der Waals surface area contributed by atoms with Crippen LogP contribution in [0.2, 0.25) is 0 Å². The molecule has 0 fully saturated rings. The fourth-order valence-corrected chi connectivity index (χ4v) is 11.0. The van der Waals surface area contributed by atoms with Gasteiger partial charge in [-0.05, 0) is 71.8 Å². The number of fused-ring (bicyclic) bond motifs is 13. The third-order valence-electron chi connectivity index (χ3n) is 10.9. The van der Waals surface area contributed by atoms with E-state index in [1.54, 1.807) is 0 Å². The van der Waals surface area contributed by atoms with Crippen molar-refractivity contribution in [3.8, 4) is 22.5 Å². The normalized spacial score (nSPS) is 12.2. The van der Waals surface area contributed by atoms with Crippen LogP contribution >= 0.6 is 22.7 Å². The lowest BCUT2D eigenvalue weighted by atomic mass is 9.98. The van der Waals surface area contributed by atoms with Crippen molar-refractivity contribution < 1.29 is 0 Å². The molecular formula is C48H28N2S2. The maximum atomic E-state index is 2.50. The fraction of sp³-hybridized carbons (Fsp3) is 0. The van der Waals surface area contributed by atoms with Gasteiger partial charge in [-0.25, -0.2) is 0 Å². The third kappa shape index (κ3) is 3.88. The van der Waals surface area contributed by atoms with E-state index < -0.39 is 0 Å². The summed E-state index contributed by atoms with van der Waals surface area (Å²) in [6.07, 6.45) is 0. The lowest BCUT2D eigenvalue weighted by molar-refractivity contribution is 1.15. The van der Waals surface area contributed by atoms with E-state index in [2.05, 4.69) is 179 Å². The van der Waals surface area contributed by atoms with E-state index in [1.165, 1.54) is 106 Å². The minimum absolute atomic E-state index is 1.17. The molecule has 2 nitrogen and oxygen atoms in total. The first-order valence-corrected chi connectivity index (χ1v) is 19.3. The van der Waals surface area contributed by atoms with E-state index in [-0.39, 0.29) is 0 Å². The van der Waals surface area contributed by atoms with Crippen molar-refractivity contribution in [1.82, 2.24) is 9.13 Å². The van der Waals surface area contributed by atoms with Crippen molar-refractivity contribution in [1.29, 1.82) is 0 Å². The molecule has 4 heterocycles. The number of hydrogen-bond acceptors (Lipinski definition) is 2. The highest BCUT2D eigenvalue weighted by atomic mass is 32.1. The Bertz CT molecular complexity index is 3410. The Morgan fingerprint density at radius 2 is 0.923 bits per heavy atom. The molecule has 0 radical (unpaired) electrons. The molecule has 242 valence electrons. The zero-order chi connectivity index (χ0) is 33.9. The second kappa shape index (κ2) is 10.7. The van der Waals surface area contributed by atoms with Crippen LogP contribution in [0, 0.1) is 0 Å². The first-order chi connectivity index (χ1) is 25.8. The average Bonchev–Trinajstić information content (AvgIpc) is 3.95. The van der Waals surface area contributed by atoms with Crippen molar-refractivity contribution in [3.63, 3.8) is 0 Å². The van der Waals surface area contributed by atoms with Gasteiger partial charge in [0.1, 0.15) is 0 Å².